The van der Waals surface area contributed by atoms with Gasteiger partial charge < -0.3 is 4.90 Å². The van der Waals surface area contributed by atoms with Gasteiger partial charge in [0.2, 0.25) is 0 Å². The van der Waals surface area contributed by atoms with Crippen molar-refractivity contribution in [3.8, 4) is 0 Å². The second kappa shape index (κ2) is 5.76. The first-order valence-corrected chi connectivity index (χ1v) is 8.57. The number of ketones is 1. The Morgan fingerprint density at radius 2 is 1.90 bits per heavy atom. The minimum absolute atomic E-state index is 0.0752. The summed E-state index contributed by atoms with van der Waals surface area (Å²) in [5, 5.41) is 0. The quantitative estimate of drug-likeness (QED) is 0.775. The van der Waals surface area contributed by atoms with Crippen LogP contribution in [0.4, 0.5) is 0 Å². The molecule has 3 nitrogen and oxygen atoms in total. The summed E-state index contributed by atoms with van der Waals surface area (Å²) in [4.78, 5) is 17.9. The summed E-state index contributed by atoms with van der Waals surface area (Å²) >= 11 is 0. The van der Waals surface area contributed by atoms with Crippen LogP contribution in [0.5, 0.6) is 0 Å². The van der Waals surface area contributed by atoms with Crippen LogP contribution in [-0.2, 0) is 4.79 Å². The molecule has 2 aliphatic heterocycles. The van der Waals surface area contributed by atoms with Crippen LogP contribution in [0.1, 0.15) is 52.4 Å². The molecule has 3 heteroatoms. The van der Waals surface area contributed by atoms with Gasteiger partial charge in [-0.3, -0.25) is 9.69 Å². The molecule has 2 atom stereocenters. The van der Waals surface area contributed by atoms with E-state index in [-0.39, 0.29) is 5.41 Å². The lowest BCUT2D eigenvalue weighted by atomic mass is 9.71. The second-order valence-electron chi connectivity index (χ2n) is 7.78. The highest BCUT2D eigenvalue weighted by molar-refractivity contribution is 5.87. The molecule has 114 valence electrons. The Bertz CT molecular complexity index is 366. The molecule has 0 amide bonds. The van der Waals surface area contributed by atoms with Crippen molar-refractivity contribution < 1.29 is 4.79 Å². The van der Waals surface area contributed by atoms with E-state index >= 15 is 0 Å². The number of nitrogens with zero attached hydrogens (tertiary/aromatic N) is 2. The molecule has 0 bridgehead atoms. The third-order valence-corrected chi connectivity index (χ3v) is 5.76. The van der Waals surface area contributed by atoms with Gasteiger partial charge in [0, 0.05) is 30.5 Å². The number of hydrogen-bond acceptors (Lipinski definition) is 3. The Labute approximate surface area is 123 Å². The van der Waals surface area contributed by atoms with Gasteiger partial charge in [0.05, 0.1) is 0 Å². The van der Waals surface area contributed by atoms with Crippen molar-refractivity contribution in [2.45, 2.75) is 58.4 Å². The molecule has 1 saturated carbocycles. The second-order valence-corrected chi connectivity index (χ2v) is 7.78. The van der Waals surface area contributed by atoms with E-state index in [0.29, 0.717) is 11.7 Å². The van der Waals surface area contributed by atoms with Gasteiger partial charge in [-0.05, 0) is 51.7 Å². The summed E-state index contributed by atoms with van der Waals surface area (Å²) in [6.45, 7) is 10.3. The van der Waals surface area contributed by atoms with Gasteiger partial charge in [0.25, 0.3) is 0 Å². The number of carbonyl (C=O) groups is 1. The Hall–Kier alpha value is -0.410. The third-order valence-electron chi connectivity index (χ3n) is 5.76. The van der Waals surface area contributed by atoms with Gasteiger partial charge in [-0.2, -0.15) is 0 Å². The van der Waals surface area contributed by atoms with Crippen molar-refractivity contribution in [1.29, 1.82) is 0 Å². The van der Waals surface area contributed by atoms with Crippen LogP contribution in [0.15, 0.2) is 0 Å². The van der Waals surface area contributed by atoms with Gasteiger partial charge in [-0.25, -0.2) is 0 Å². The topological polar surface area (TPSA) is 23.6 Å². The number of carbonyl (C=O) groups excluding carboxylic acids is 1. The van der Waals surface area contributed by atoms with E-state index in [1.807, 2.05) is 0 Å². The minimum Gasteiger partial charge on any atom is -0.301 e. The fraction of sp³-hybridized carbons (Fsp3) is 0.941. The van der Waals surface area contributed by atoms with E-state index in [2.05, 4.69) is 23.6 Å². The molecule has 0 spiro atoms. The summed E-state index contributed by atoms with van der Waals surface area (Å²) < 4.78 is 0. The van der Waals surface area contributed by atoms with Crippen LogP contribution >= 0.6 is 0 Å². The van der Waals surface area contributed by atoms with Crippen molar-refractivity contribution in [3.63, 3.8) is 0 Å². The highest BCUT2D eigenvalue weighted by Gasteiger charge is 2.38. The van der Waals surface area contributed by atoms with Gasteiger partial charge in [-0.15, -0.1) is 0 Å². The fourth-order valence-corrected chi connectivity index (χ4v) is 4.53. The molecule has 0 aromatic carbocycles. The predicted molar refractivity (Wildman–Crippen MR) is 81.8 cm³/mol. The van der Waals surface area contributed by atoms with Crippen LogP contribution < -0.4 is 0 Å². The molecule has 0 aromatic rings. The Kier molecular flexibility index (Phi) is 4.19. The van der Waals surface area contributed by atoms with Crippen LogP contribution in [0, 0.1) is 11.3 Å². The molecule has 0 N–H and O–H groups in total. The summed E-state index contributed by atoms with van der Waals surface area (Å²) in [5.41, 5.74) is -0.0752. The fourth-order valence-electron chi connectivity index (χ4n) is 4.53. The minimum atomic E-state index is -0.0752. The van der Waals surface area contributed by atoms with Gasteiger partial charge >= 0.3 is 0 Å². The Morgan fingerprint density at radius 3 is 2.75 bits per heavy atom. The Morgan fingerprint density at radius 1 is 1.10 bits per heavy atom. The van der Waals surface area contributed by atoms with Gasteiger partial charge in [-0.1, -0.05) is 20.3 Å². The maximum absolute atomic E-state index is 12.6. The number of hydrogen-bond donors (Lipinski definition) is 0. The molecule has 20 heavy (non-hydrogen) atoms. The lowest BCUT2D eigenvalue weighted by molar-refractivity contribution is -0.135. The molecular formula is C17H30N2O. The molecule has 2 heterocycles. The van der Waals surface area contributed by atoms with E-state index in [0.717, 1.165) is 25.4 Å². The lowest BCUT2D eigenvalue weighted by Crippen LogP contribution is -2.44. The zero-order valence-electron chi connectivity index (χ0n) is 13.2. The smallest absolute Gasteiger partial charge is 0.142 e. The maximum atomic E-state index is 12.6. The first-order valence-electron chi connectivity index (χ1n) is 8.57. The zero-order valence-corrected chi connectivity index (χ0v) is 13.2. The van der Waals surface area contributed by atoms with E-state index in [9.17, 15) is 4.79 Å². The van der Waals surface area contributed by atoms with Crippen molar-refractivity contribution in [2.24, 2.45) is 11.3 Å². The molecule has 0 radical (unpaired) electrons. The normalized spacial score (nSPS) is 35.8. The molecule has 1 aliphatic carbocycles. The SMILES string of the molecule is CC1(C)CCCC(CN2CCCN3CCCC3C2)C1=O. The number of fused-ring (bicyclic) bond motifs is 1. The molecule has 2 saturated heterocycles. The van der Waals surface area contributed by atoms with Crippen molar-refractivity contribution in [3.05, 3.63) is 0 Å². The zero-order chi connectivity index (χ0) is 14.2. The largest absolute Gasteiger partial charge is 0.301 e. The molecule has 3 aliphatic rings. The lowest BCUT2D eigenvalue weighted by Gasteiger charge is -2.36. The molecule has 2 unspecified atom stereocenters. The number of Topliss-reactive ketones (excluding diaryl/α,β-unsaturated/α-hetero) is 1. The highest BCUT2D eigenvalue weighted by atomic mass is 16.1. The average molecular weight is 278 g/mol. The highest BCUT2D eigenvalue weighted by Crippen LogP contribution is 2.36. The van der Waals surface area contributed by atoms with E-state index in [1.54, 1.807) is 0 Å². The van der Waals surface area contributed by atoms with E-state index < -0.39 is 0 Å². The van der Waals surface area contributed by atoms with Crippen LogP contribution in [0.2, 0.25) is 0 Å². The van der Waals surface area contributed by atoms with Crippen molar-refractivity contribution in [1.82, 2.24) is 9.80 Å². The van der Waals surface area contributed by atoms with Crippen LogP contribution in [0.25, 0.3) is 0 Å². The molecule has 3 fully saturated rings. The monoisotopic (exact) mass is 278 g/mol. The van der Waals surface area contributed by atoms with Gasteiger partial charge in [0.1, 0.15) is 5.78 Å². The van der Waals surface area contributed by atoms with Crippen LogP contribution in [-0.4, -0.2) is 54.3 Å². The Balaban J connectivity index is 1.60. The summed E-state index contributed by atoms with van der Waals surface area (Å²) in [6, 6.07) is 0.768. The molecular weight excluding hydrogens is 248 g/mol. The number of rotatable bonds is 2. The summed E-state index contributed by atoms with van der Waals surface area (Å²) in [6.07, 6.45) is 7.44. The third kappa shape index (κ3) is 2.94. The van der Waals surface area contributed by atoms with Crippen LogP contribution in [0.3, 0.4) is 0 Å². The van der Waals surface area contributed by atoms with Crippen molar-refractivity contribution in [2.75, 3.05) is 32.7 Å². The summed E-state index contributed by atoms with van der Waals surface area (Å²) in [5.74, 6) is 0.822. The molecule has 3 rings (SSSR count). The van der Waals surface area contributed by atoms with E-state index in [4.69, 9.17) is 0 Å². The van der Waals surface area contributed by atoms with E-state index in [1.165, 1.54) is 51.9 Å². The first kappa shape index (κ1) is 14.5. The maximum Gasteiger partial charge on any atom is 0.142 e. The standard InChI is InChI=1S/C17H30N2O/c1-17(2)8-3-6-14(16(17)20)12-18-9-5-11-19-10-4-7-15(19)13-18/h14-15H,3-13H2,1-2H3. The molecule has 0 aromatic heterocycles. The summed E-state index contributed by atoms with van der Waals surface area (Å²) in [7, 11) is 0. The van der Waals surface area contributed by atoms with Gasteiger partial charge in [0.15, 0.2) is 0 Å². The average Bonchev–Trinajstić information content (AvgIpc) is 2.74. The first-order chi connectivity index (χ1) is 9.56. The van der Waals surface area contributed by atoms with Crippen molar-refractivity contribution >= 4 is 5.78 Å². The predicted octanol–water partition coefficient (Wildman–Crippen LogP) is 2.55.